The second kappa shape index (κ2) is 9.53. The molecule has 7 nitrogen and oxygen atoms in total. The third-order valence-corrected chi connectivity index (χ3v) is 6.32. The van der Waals surface area contributed by atoms with Crippen LogP contribution in [0.15, 0.2) is 36.4 Å². The van der Waals surface area contributed by atoms with E-state index < -0.39 is 0 Å². The van der Waals surface area contributed by atoms with E-state index in [-0.39, 0.29) is 5.91 Å². The van der Waals surface area contributed by atoms with Crippen LogP contribution in [0.2, 0.25) is 0 Å². The molecule has 168 valence electrons. The molecule has 0 unspecified atom stereocenters. The maximum Gasteiger partial charge on any atom is 0.254 e. The highest BCUT2D eigenvalue weighted by atomic mass is 16.5. The molecule has 1 aromatic heterocycles. The molecule has 1 fully saturated rings. The number of hydrogen-bond acceptors (Lipinski definition) is 5. The molecule has 7 heteroatoms. The van der Waals surface area contributed by atoms with Crippen molar-refractivity contribution in [1.29, 1.82) is 0 Å². The van der Waals surface area contributed by atoms with E-state index in [1.54, 1.807) is 7.11 Å². The zero-order chi connectivity index (χ0) is 22.7. The Morgan fingerprint density at radius 2 is 1.84 bits per heavy atom. The number of anilines is 1. The van der Waals surface area contributed by atoms with Crippen LogP contribution in [0.1, 0.15) is 51.6 Å². The molecule has 1 saturated heterocycles. The van der Waals surface area contributed by atoms with Crippen LogP contribution in [0.4, 0.5) is 5.69 Å². The lowest BCUT2D eigenvalue weighted by Crippen LogP contribution is -2.38. The number of methoxy groups -OCH3 is 1. The van der Waals surface area contributed by atoms with Gasteiger partial charge in [0.15, 0.2) is 5.82 Å². The summed E-state index contributed by atoms with van der Waals surface area (Å²) >= 11 is 0. The first-order chi connectivity index (χ1) is 15.5. The molecule has 1 aliphatic heterocycles. The summed E-state index contributed by atoms with van der Waals surface area (Å²) in [5.41, 5.74) is 11.6. The van der Waals surface area contributed by atoms with Crippen molar-refractivity contribution in [3.05, 3.63) is 64.5 Å². The number of aromatic nitrogens is 3. The van der Waals surface area contributed by atoms with E-state index in [2.05, 4.69) is 33.4 Å². The topological polar surface area (TPSA) is 97.1 Å². The first-order valence-corrected chi connectivity index (χ1v) is 11.1. The van der Waals surface area contributed by atoms with Gasteiger partial charge in [0.2, 0.25) is 0 Å². The summed E-state index contributed by atoms with van der Waals surface area (Å²) in [7, 11) is 1.66. The van der Waals surface area contributed by atoms with Crippen LogP contribution >= 0.6 is 0 Å². The second-order valence-electron chi connectivity index (χ2n) is 8.58. The maximum atomic E-state index is 13.4. The van der Waals surface area contributed by atoms with Gasteiger partial charge in [-0.05, 0) is 67.5 Å². The number of rotatable bonds is 6. The van der Waals surface area contributed by atoms with Gasteiger partial charge in [-0.3, -0.25) is 4.79 Å². The number of ether oxygens (including phenoxy) is 1. The molecule has 0 saturated carbocycles. The van der Waals surface area contributed by atoms with Crippen molar-refractivity contribution in [3.8, 4) is 11.4 Å². The van der Waals surface area contributed by atoms with E-state index in [4.69, 9.17) is 10.5 Å². The predicted octanol–water partition coefficient (Wildman–Crippen LogP) is 3.88. The Bertz CT molecular complexity index is 1080. The number of carbonyl (C=O) groups is 1. The van der Waals surface area contributed by atoms with Crippen LogP contribution in [0.3, 0.4) is 0 Å². The Morgan fingerprint density at radius 3 is 2.53 bits per heavy atom. The number of aryl methyl sites for hydroxylation is 2. The molecule has 1 aliphatic rings. The summed E-state index contributed by atoms with van der Waals surface area (Å²) in [6.07, 6.45) is 2.58. The fourth-order valence-corrected chi connectivity index (χ4v) is 4.42. The van der Waals surface area contributed by atoms with E-state index in [1.165, 1.54) is 5.56 Å². The molecule has 0 atom stereocenters. The largest absolute Gasteiger partial charge is 0.399 e. The van der Waals surface area contributed by atoms with Crippen molar-refractivity contribution < 1.29 is 9.53 Å². The average molecular weight is 434 g/mol. The minimum Gasteiger partial charge on any atom is -0.399 e. The smallest absolute Gasteiger partial charge is 0.254 e. The Morgan fingerprint density at radius 1 is 1.12 bits per heavy atom. The minimum atomic E-state index is 0.0821. The van der Waals surface area contributed by atoms with Gasteiger partial charge in [0.1, 0.15) is 5.82 Å². The van der Waals surface area contributed by atoms with Gasteiger partial charge in [-0.2, -0.15) is 0 Å². The predicted molar refractivity (Wildman–Crippen MR) is 126 cm³/mol. The normalized spacial score (nSPS) is 14.7. The van der Waals surface area contributed by atoms with Gasteiger partial charge in [-0.25, -0.2) is 0 Å². The average Bonchev–Trinajstić information content (AvgIpc) is 3.27. The van der Waals surface area contributed by atoms with Gasteiger partial charge in [-0.1, -0.05) is 18.2 Å². The van der Waals surface area contributed by atoms with Gasteiger partial charge in [-0.15, -0.1) is 10.2 Å². The highest BCUT2D eigenvalue weighted by molar-refractivity contribution is 5.97. The lowest BCUT2D eigenvalue weighted by atomic mass is 9.89. The number of H-pyrrole nitrogens is 1. The summed E-state index contributed by atoms with van der Waals surface area (Å²) < 4.78 is 5.12. The van der Waals surface area contributed by atoms with Crippen LogP contribution in [0.5, 0.6) is 0 Å². The van der Waals surface area contributed by atoms with Crippen LogP contribution in [-0.2, 0) is 11.2 Å². The van der Waals surface area contributed by atoms with E-state index >= 15 is 0 Å². The monoisotopic (exact) mass is 433 g/mol. The zero-order valence-corrected chi connectivity index (χ0v) is 19.0. The highest BCUT2D eigenvalue weighted by Crippen LogP contribution is 2.30. The molecule has 0 spiro atoms. The number of likely N-dealkylation sites (tertiary alicyclic amines) is 1. The highest BCUT2D eigenvalue weighted by Gasteiger charge is 2.26. The van der Waals surface area contributed by atoms with Gasteiger partial charge in [0.05, 0.1) is 6.61 Å². The number of piperidine rings is 1. The zero-order valence-electron chi connectivity index (χ0n) is 19.0. The quantitative estimate of drug-likeness (QED) is 0.575. The molecular formula is C25H31N5O2. The number of nitrogens with one attached hydrogen (secondary N) is 1. The summed E-state index contributed by atoms with van der Waals surface area (Å²) in [5, 5.41) is 8.51. The van der Waals surface area contributed by atoms with E-state index in [9.17, 15) is 4.79 Å². The lowest BCUT2D eigenvalue weighted by Gasteiger charge is -2.32. The Kier molecular flexibility index (Phi) is 6.55. The minimum absolute atomic E-state index is 0.0821. The number of nitrogens with zero attached hydrogens (tertiary/aromatic N) is 3. The number of carbonyl (C=O) groups excluding carboxylic acids is 1. The molecule has 1 amide bonds. The Hall–Kier alpha value is -3.19. The number of aromatic amines is 1. The molecule has 2 heterocycles. The number of hydrogen-bond donors (Lipinski definition) is 2. The summed E-state index contributed by atoms with van der Waals surface area (Å²) in [6.45, 7) is 6.11. The summed E-state index contributed by atoms with van der Waals surface area (Å²) in [5.74, 6) is 2.01. The van der Waals surface area contributed by atoms with Crippen molar-refractivity contribution >= 4 is 11.6 Å². The molecule has 0 bridgehead atoms. The molecule has 2 aromatic carbocycles. The van der Waals surface area contributed by atoms with Crippen molar-refractivity contribution in [2.75, 3.05) is 32.5 Å². The molecule has 3 N–H and O–H groups in total. The van der Waals surface area contributed by atoms with E-state index in [1.807, 2.05) is 36.9 Å². The first kappa shape index (κ1) is 22.0. The second-order valence-corrected chi connectivity index (χ2v) is 8.58. The number of nitrogens with two attached hydrogens (primary N) is 1. The van der Waals surface area contributed by atoms with E-state index in [0.717, 1.165) is 59.7 Å². The van der Waals surface area contributed by atoms with Crippen LogP contribution in [-0.4, -0.2) is 52.8 Å². The molecule has 4 rings (SSSR count). The molecule has 3 aromatic rings. The van der Waals surface area contributed by atoms with Crippen LogP contribution < -0.4 is 5.73 Å². The number of nitrogen functional groups attached to an aromatic ring is 1. The Labute approximate surface area is 189 Å². The van der Waals surface area contributed by atoms with Crippen molar-refractivity contribution in [2.24, 2.45) is 0 Å². The third kappa shape index (κ3) is 4.67. The third-order valence-electron chi connectivity index (χ3n) is 6.32. The van der Waals surface area contributed by atoms with Gasteiger partial charge >= 0.3 is 0 Å². The van der Waals surface area contributed by atoms with E-state index in [0.29, 0.717) is 24.8 Å². The lowest BCUT2D eigenvalue weighted by molar-refractivity contribution is 0.0712. The van der Waals surface area contributed by atoms with Crippen LogP contribution in [0, 0.1) is 13.8 Å². The van der Waals surface area contributed by atoms with Crippen molar-refractivity contribution in [1.82, 2.24) is 20.1 Å². The fraction of sp³-hybridized carbons (Fsp3) is 0.400. The standard InChI is InChI=1S/C25H31N5O2/c1-16-14-17(2)22(15-21(16)24-27-23(28-29-24)10-13-32-3)25(31)30-11-8-19(9-12-30)18-4-6-20(26)7-5-18/h4-7,14-15,19H,8-13,26H2,1-3H3,(H,27,28,29). The molecule has 32 heavy (non-hydrogen) atoms. The van der Waals surface area contributed by atoms with Crippen LogP contribution in [0.25, 0.3) is 11.4 Å². The Balaban J connectivity index is 1.49. The summed E-state index contributed by atoms with van der Waals surface area (Å²) in [4.78, 5) is 18.6. The fourth-order valence-electron chi connectivity index (χ4n) is 4.42. The maximum absolute atomic E-state index is 13.4. The molecule has 0 radical (unpaired) electrons. The summed E-state index contributed by atoms with van der Waals surface area (Å²) in [6, 6.07) is 12.1. The molecule has 0 aliphatic carbocycles. The van der Waals surface area contributed by atoms with Gasteiger partial charge < -0.3 is 20.4 Å². The van der Waals surface area contributed by atoms with Gasteiger partial charge in [0.25, 0.3) is 5.91 Å². The van der Waals surface area contributed by atoms with Gasteiger partial charge in [0, 0.05) is 43.4 Å². The molecular weight excluding hydrogens is 402 g/mol. The number of amides is 1. The van der Waals surface area contributed by atoms with Crippen molar-refractivity contribution in [3.63, 3.8) is 0 Å². The number of benzene rings is 2. The first-order valence-electron chi connectivity index (χ1n) is 11.1. The SMILES string of the molecule is COCCc1nnc(-c2cc(C(=O)N3CCC(c4ccc(N)cc4)CC3)c(C)cc2C)[nH]1. The van der Waals surface area contributed by atoms with Crippen molar-refractivity contribution in [2.45, 2.75) is 39.0 Å².